The number of hydrogen-bond donors (Lipinski definition) is 3. The van der Waals surface area contributed by atoms with Gasteiger partial charge in [-0.3, -0.25) is 4.79 Å². The zero-order valence-corrected chi connectivity index (χ0v) is 10.9. The molecule has 94 valence electrons. The van der Waals surface area contributed by atoms with Crippen LogP contribution >= 0.6 is 15.9 Å². The van der Waals surface area contributed by atoms with Crippen LogP contribution in [0, 0.1) is 0 Å². The molecule has 2 rings (SSSR count). The highest BCUT2D eigenvalue weighted by molar-refractivity contribution is 9.10. The molecule has 0 aromatic carbocycles. The SMILES string of the molecule is O=C(NCC(O)CO)c1cc(Br)cn1C1CC1. The molecule has 1 aromatic rings. The molecule has 1 saturated carbocycles. The van der Waals surface area contributed by atoms with Crippen LogP contribution in [0.2, 0.25) is 0 Å². The summed E-state index contributed by atoms with van der Waals surface area (Å²) in [6.45, 7) is -0.295. The maximum absolute atomic E-state index is 11.9. The molecule has 5 nitrogen and oxygen atoms in total. The molecular weight excluding hydrogens is 288 g/mol. The number of amides is 1. The van der Waals surface area contributed by atoms with E-state index >= 15 is 0 Å². The van der Waals surface area contributed by atoms with Gasteiger partial charge in [0.2, 0.25) is 0 Å². The van der Waals surface area contributed by atoms with Gasteiger partial charge in [0.1, 0.15) is 5.69 Å². The zero-order valence-electron chi connectivity index (χ0n) is 9.27. The molecule has 0 bridgehead atoms. The van der Waals surface area contributed by atoms with Crippen molar-refractivity contribution in [3.63, 3.8) is 0 Å². The Kier molecular flexibility index (Phi) is 3.86. The standard InChI is InChI=1S/C11H15BrN2O3/c12-7-3-10(14(5-7)8-1-2-8)11(17)13-4-9(16)6-15/h3,5,8-9,15-16H,1-2,4,6H2,(H,13,17). The van der Waals surface area contributed by atoms with Crippen molar-refractivity contribution in [3.05, 3.63) is 22.4 Å². The summed E-state index contributed by atoms with van der Waals surface area (Å²) in [5, 5.41) is 20.4. The summed E-state index contributed by atoms with van der Waals surface area (Å²) in [6, 6.07) is 2.18. The first-order chi connectivity index (χ1) is 8.11. The van der Waals surface area contributed by atoms with Gasteiger partial charge in [-0.05, 0) is 34.8 Å². The highest BCUT2D eigenvalue weighted by Crippen LogP contribution is 2.37. The lowest BCUT2D eigenvalue weighted by Crippen LogP contribution is -2.34. The van der Waals surface area contributed by atoms with Gasteiger partial charge in [-0.2, -0.15) is 0 Å². The summed E-state index contributed by atoms with van der Waals surface area (Å²) in [4.78, 5) is 11.9. The van der Waals surface area contributed by atoms with Crippen molar-refractivity contribution in [1.82, 2.24) is 9.88 Å². The Labute approximate surface area is 108 Å². The number of aromatic nitrogens is 1. The first-order valence-electron chi connectivity index (χ1n) is 5.56. The predicted molar refractivity (Wildman–Crippen MR) is 65.8 cm³/mol. The van der Waals surface area contributed by atoms with Crippen LogP contribution in [0.1, 0.15) is 29.4 Å². The second-order valence-electron chi connectivity index (χ2n) is 4.23. The van der Waals surface area contributed by atoms with E-state index in [1.807, 2.05) is 10.8 Å². The van der Waals surface area contributed by atoms with Crippen LogP contribution in [-0.2, 0) is 0 Å². The predicted octanol–water partition coefficient (Wildman–Crippen LogP) is 0.668. The average molecular weight is 303 g/mol. The minimum atomic E-state index is -0.910. The molecule has 1 aliphatic carbocycles. The molecule has 6 heteroatoms. The van der Waals surface area contributed by atoms with Crippen molar-refractivity contribution in [1.29, 1.82) is 0 Å². The lowest BCUT2D eigenvalue weighted by atomic mass is 10.3. The van der Waals surface area contributed by atoms with Crippen LogP contribution in [0.25, 0.3) is 0 Å². The van der Waals surface area contributed by atoms with Crippen molar-refractivity contribution < 1.29 is 15.0 Å². The Hall–Kier alpha value is -0.850. The molecule has 1 unspecified atom stereocenters. The molecule has 1 amide bonds. The fourth-order valence-corrected chi connectivity index (χ4v) is 2.09. The van der Waals surface area contributed by atoms with Crippen molar-refractivity contribution in [2.75, 3.05) is 13.2 Å². The summed E-state index contributed by atoms with van der Waals surface area (Å²) >= 11 is 3.35. The monoisotopic (exact) mass is 302 g/mol. The van der Waals surface area contributed by atoms with Crippen LogP contribution in [0.15, 0.2) is 16.7 Å². The maximum Gasteiger partial charge on any atom is 0.268 e. The molecule has 1 atom stereocenters. The second-order valence-corrected chi connectivity index (χ2v) is 5.14. The van der Waals surface area contributed by atoms with E-state index in [2.05, 4.69) is 21.2 Å². The Morgan fingerprint density at radius 3 is 2.94 bits per heavy atom. The number of aliphatic hydroxyl groups is 2. The van der Waals surface area contributed by atoms with E-state index in [0.717, 1.165) is 17.3 Å². The number of carbonyl (C=O) groups excluding carboxylic acids is 1. The Morgan fingerprint density at radius 1 is 1.65 bits per heavy atom. The number of aliphatic hydroxyl groups excluding tert-OH is 2. The lowest BCUT2D eigenvalue weighted by Gasteiger charge is -2.10. The van der Waals surface area contributed by atoms with Crippen molar-refractivity contribution in [3.8, 4) is 0 Å². The highest BCUT2D eigenvalue weighted by Gasteiger charge is 2.27. The van der Waals surface area contributed by atoms with Crippen LogP contribution in [-0.4, -0.2) is 39.9 Å². The second kappa shape index (κ2) is 5.20. The summed E-state index contributed by atoms with van der Waals surface area (Å²) < 4.78 is 2.82. The molecule has 1 aliphatic rings. The third-order valence-electron chi connectivity index (χ3n) is 2.70. The van der Waals surface area contributed by atoms with Crippen molar-refractivity contribution in [2.45, 2.75) is 25.0 Å². The van der Waals surface area contributed by atoms with E-state index < -0.39 is 6.10 Å². The molecule has 0 spiro atoms. The lowest BCUT2D eigenvalue weighted by molar-refractivity contribution is 0.0796. The average Bonchev–Trinajstić information content (AvgIpc) is 3.09. The van der Waals surface area contributed by atoms with Crippen LogP contribution in [0.5, 0.6) is 0 Å². The molecule has 17 heavy (non-hydrogen) atoms. The van der Waals surface area contributed by atoms with Gasteiger partial charge in [0.25, 0.3) is 5.91 Å². The third kappa shape index (κ3) is 3.08. The molecular formula is C11H15BrN2O3. The normalized spacial score (nSPS) is 16.9. The molecule has 0 radical (unpaired) electrons. The van der Waals surface area contributed by atoms with Crippen molar-refractivity contribution in [2.24, 2.45) is 0 Å². The molecule has 3 N–H and O–H groups in total. The van der Waals surface area contributed by atoms with E-state index in [4.69, 9.17) is 10.2 Å². The van der Waals surface area contributed by atoms with Crippen LogP contribution < -0.4 is 5.32 Å². The van der Waals surface area contributed by atoms with Gasteiger partial charge in [0.05, 0.1) is 12.7 Å². The number of carbonyl (C=O) groups is 1. The molecule has 0 aliphatic heterocycles. The first-order valence-corrected chi connectivity index (χ1v) is 6.35. The first kappa shape index (κ1) is 12.6. The molecule has 1 aromatic heterocycles. The van der Waals surface area contributed by atoms with Gasteiger partial charge >= 0.3 is 0 Å². The summed E-state index contributed by atoms with van der Waals surface area (Å²) in [5.41, 5.74) is 0.588. The van der Waals surface area contributed by atoms with Gasteiger partial charge < -0.3 is 20.1 Å². The molecule has 1 heterocycles. The number of rotatable bonds is 5. The largest absolute Gasteiger partial charge is 0.394 e. The maximum atomic E-state index is 11.9. The summed E-state index contributed by atoms with van der Waals surface area (Å²) in [5.74, 6) is -0.227. The quantitative estimate of drug-likeness (QED) is 0.748. The zero-order chi connectivity index (χ0) is 12.4. The van der Waals surface area contributed by atoms with Crippen molar-refractivity contribution >= 4 is 21.8 Å². The number of hydrogen-bond acceptors (Lipinski definition) is 3. The Balaban J connectivity index is 2.03. The molecule has 0 saturated heterocycles. The van der Waals surface area contributed by atoms with Gasteiger partial charge in [-0.1, -0.05) is 0 Å². The molecule has 1 fully saturated rings. The van der Waals surface area contributed by atoms with E-state index in [9.17, 15) is 4.79 Å². The summed E-state index contributed by atoms with van der Waals surface area (Å²) in [7, 11) is 0. The number of nitrogens with zero attached hydrogens (tertiary/aromatic N) is 1. The number of nitrogens with one attached hydrogen (secondary N) is 1. The fraction of sp³-hybridized carbons (Fsp3) is 0.545. The Bertz CT molecular complexity index is 415. The van der Waals surface area contributed by atoms with E-state index in [1.165, 1.54) is 0 Å². The topological polar surface area (TPSA) is 74.5 Å². The third-order valence-corrected chi connectivity index (χ3v) is 3.13. The fourth-order valence-electron chi connectivity index (χ4n) is 1.65. The van der Waals surface area contributed by atoms with Gasteiger partial charge in [-0.15, -0.1) is 0 Å². The summed E-state index contributed by atoms with van der Waals surface area (Å²) in [6.07, 6.45) is 3.18. The van der Waals surface area contributed by atoms with Crippen LogP contribution in [0.3, 0.4) is 0 Å². The number of halogens is 1. The van der Waals surface area contributed by atoms with Gasteiger partial charge in [0.15, 0.2) is 0 Å². The van der Waals surface area contributed by atoms with E-state index in [-0.39, 0.29) is 19.1 Å². The minimum Gasteiger partial charge on any atom is -0.394 e. The van der Waals surface area contributed by atoms with E-state index in [1.54, 1.807) is 6.07 Å². The van der Waals surface area contributed by atoms with Crippen LogP contribution in [0.4, 0.5) is 0 Å². The van der Waals surface area contributed by atoms with E-state index in [0.29, 0.717) is 11.7 Å². The van der Waals surface area contributed by atoms with Gasteiger partial charge in [-0.25, -0.2) is 0 Å². The van der Waals surface area contributed by atoms with Gasteiger partial charge in [0, 0.05) is 23.3 Å². The highest BCUT2D eigenvalue weighted by atomic mass is 79.9. The smallest absolute Gasteiger partial charge is 0.268 e. The minimum absolute atomic E-state index is 0.0583. The Morgan fingerprint density at radius 2 is 2.35 bits per heavy atom.